The van der Waals surface area contributed by atoms with Crippen LogP contribution in [0.1, 0.15) is 66.2 Å². The van der Waals surface area contributed by atoms with Gasteiger partial charge in [-0.25, -0.2) is 0 Å². The van der Waals surface area contributed by atoms with Crippen molar-refractivity contribution in [2.24, 2.45) is 17.1 Å². The highest BCUT2D eigenvalue weighted by Crippen LogP contribution is 2.29. The molecule has 3 N–H and O–H groups in total. The zero-order valence-corrected chi connectivity index (χ0v) is 12.3. The summed E-state index contributed by atoms with van der Waals surface area (Å²) >= 11 is 0. The lowest BCUT2D eigenvalue weighted by Gasteiger charge is -2.37. The topological polar surface area (TPSA) is 38.0 Å². The highest BCUT2D eigenvalue weighted by molar-refractivity contribution is 4.87. The van der Waals surface area contributed by atoms with Gasteiger partial charge >= 0.3 is 0 Å². The Morgan fingerprint density at radius 3 is 2.24 bits per heavy atom. The summed E-state index contributed by atoms with van der Waals surface area (Å²) in [7, 11) is 0. The van der Waals surface area contributed by atoms with E-state index >= 15 is 0 Å². The van der Waals surface area contributed by atoms with Gasteiger partial charge in [0.1, 0.15) is 0 Å². The molecule has 2 nitrogen and oxygen atoms in total. The smallest absolute Gasteiger partial charge is 0.0153 e. The van der Waals surface area contributed by atoms with Crippen molar-refractivity contribution in [2.75, 3.05) is 13.1 Å². The maximum Gasteiger partial charge on any atom is 0.0153 e. The van der Waals surface area contributed by atoms with Crippen molar-refractivity contribution in [1.29, 1.82) is 0 Å². The van der Waals surface area contributed by atoms with Gasteiger partial charge in [0.25, 0.3) is 0 Å². The molecule has 0 amide bonds. The summed E-state index contributed by atoms with van der Waals surface area (Å²) < 4.78 is 0. The summed E-state index contributed by atoms with van der Waals surface area (Å²) in [5.74, 6) is 0.619. The largest absolute Gasteiger partial charge is 0.330 e. The maximum atomic E-state index is 5.90. The van der Waals surface area contributed by atoms with Gasteiger partial charge in [-0.2, -0.15) is 0 Å². The molecular weight excluding hydrogens is 208 g/mol. The van der Waals surface area contributed by atoms with Crippen LogP contribution in [0.25, 0.3) is 0 Å². The maximum absolute atomic E-state index is 5.90. The molecular formula is C15H32N2. The van der Waals surface area contributed by atoms with Crippen molar-refractivity contribution in [3.8, 4) is 0 Å². The van der Waals surface area contributed by atoms with Crippen molar-refractivity contribution in [1.82, 2.24) is 5.32 Å². The molecule has 0 aliphatic heterocycles. The average Bonchev–Trinajstić information content (AvgIpc) is 2.24. The normalized spacial score (nSPS) is 22.4. The number of hydrogen-bond acceptors (Lipinski definition) is 2. The number of nitrogens with two attached hydrogens (primary N) is 1. The fourth-order valence-electron chi connectivity index (χ4n) is 3.00. The van der Waals surface area contributed by atoms with Crippen LogP contribution >= 0.6 is 0 Å². The second-order valence-electron chi connectivity index (χ2n) is 7.37. The van der Waals surface area contributed by atoms with Gasteiger partial charge in [0.2, 0.25) is 0 Å². The minimum Gasteiger partial charge on any atom is -0.330 e. The van der Waals surface area contributed by atoms with Crippen LogP contribution in [0.2, 0.25) is 0 Å². The van der Waals surface area contributed by atoms with Gasteiger partial charge in [0.15, 0.2) is 0 Å². The lowest BCUT2D eigenvalue weighted by molar-refractivity contribution is 0.219. The Morgan fingerprint density at radius 2 is 1.76 bits per heavy atom. The zero-order valence-electron chi connectivity index (χ0n) is 12.3. The van der Waals surface area contributed by atoms with Gasteiger partial charge in [-0.15, -0.1) is 0 Å². The number of rotatable bonds is 5. The summed E-state index contributed by atoms with van der Waals surface area (Å²) in [5, 5.41) is 3.79. The first-order valence-corrected chi connectivity index (χ1v) is 7.30. The van der Waals surface area contributed by atoms with Crippen molar-refractivity contribution in [3.63, 3.8) is 0 Å². The third-order valence-electron chi connectivity index (χ3n) is 4.01. The summed E-state index contributed by atoms with van der Waals surface area (Å²) in [5.41, 5.74) is 6.67. The second-order valence-corrected chi connectivity index (χ2v) is 7.37. The number of nitrogens with one attached hydrogen (secondary N) is 1. The Labute approximate surface area is 108 Å². The Bertz CT molecular complexity index is 211. The van der Waals surface area contributed by atoms with Crippen LogP contribution in [-0.2, 0) is 0 Å². The molecule has 1 saturated carbocycles. The third-order valence-corrected chi connectivity index (χ3v) is 4.01. The molecule has 1 rings (SSSR count). The SMILES string of the molecule is CC(C)(C)CC(CN)CNC1(C)CCCCC1. The van der Waals surface area contributed by atoms with E-state index in [9.17, 15) is 0 Å². The average molecular weight is 240 g/mol. The fraction of sp³-hybridized carbons (Fsp3) is 1.00. The summed E-state index contributed by atoms with van der Waals surface area (Å²) in [6, 6.07) is 0. The molecule has 0 saturated heterocycles. The first-order valence-electron chi connectivity index (χ1n) is 7.30. The first-order chi connectivity index (χ1) is 7.85. The van der Waals surface area contributed by atoms with E-state index in [1.807, 2.05) is 0 Å². The Hall–Kier alpha value is -0.0800. The van der Waals surface area contributed by atoms with Crippen molar-refractivity contribution >= 4 is 0 Å². The second kappa shape index (κ2) is 6.19. The van der Waals surface area contributed by atoms with E-state index in [2.05, 4.69) is 33.0 Å². The quantitative estimate of drug-likeness (QED) is 0.774. The fourth-order valence-corrected chi connectivity index (χ4v) is 3.00. The van der Waals surface area contributed by atoms with E-state index in [1.165, 1.54) is 38.5 Å². The van der Waals surface area contributed by atoms with Crippen LogP contribution in [0.5, 0.6) is 0 Å². The van der Waals surface area contributed by atoms with E-state index in [0.29, 0.717) is 16.9 Å². The van der Waals surface area contributed by atoms with Gasteiger partial charge in [-0.1, -0.05) is 40.0 Å². The predicted molar refractivity (Wildman–Crippen MR) is 76.1 cm³/mol. The van der Waals surface area contributed by atoms with Crippen molar-refractivity contribution in [3.05, 3.63) is 0 Å². The standard InChI is InChI=1S/C15H32N2/c1-14(2,3)10-13(11-16)12-17-15(4)8-6-5-7-9-15/h13,17H,5-12,16H2,1-4H3. The lowest BCUT2D eigenvalue weighted by atomic mass is 9.81. The predicted octanol–water partition coefficient (Wildman–Crippen LogP) is 3.31. The minimum atomic E-state index is 0.379. The molecule has 1 fully saturated rings. The highest BCUT2D eigenvalue weighted by Gasteiger charge is 2.27. The molecule has 2 heteroatoms. The number of hydrogen-bond donors (Lipinski definition) is 2. The molecule has 102 valence electrons. The van der Waals surface area contributed by atoms with Crippen molar-refractivity contribution in [2.45, 2.75) is 71.8 Å². The van der Waals surface area contributed by atoms with Crippen LogP contribution in [0.15, 0.2) is 0 Å². The molecule has 17 heavy (non-hydrogen) atoms. The molecule has 0 bridgehead atoms. The molecule has 0 aromatic carbocycles. The molecule has 0 heterocycles. The van der Waals surface area contributed by atoms with Gasteiger partial charge in [0.05, 0.1) is 0 Å². The summed E-state index contributed by atoms with van der Waals surface area (Å²) in [6.07, 6.45) is 8.07. The van der Waals surface area contributed by atoms with Crippen LogP contribution in [0.4, 0.5) is 0 Å². The van der Waals surface area contributed by atoms with Crippen LogP contribution in [0.3, 0.4) is 0 Å². The van der Waals surface area contributed by atoms with E-state index in [4.69, 9.17) is 5.73 Å². The van der Waals surface area contributed by atoms with Crippen LogP contribution < -0.4 is 11.1 Å². The first kappa shape index (κ1) is 15.0. The Balaban J connectivity index is 2.36. The van der Waals surface area contributed by atoms with Gasteiger partial charge < -0.3 is 11.1 Å². The molecule has 0 aromatic heterocycles. The molecule has 1 atom stereocenters. The van der Waals surface area contributed by atoms with Gasteiger partial charge in [-0.3, -0.25) is 0 Å². The van der Waals surface area contributed by atoms with E-state index in [-0.39, 0.29) is 0 Å². The third kappa shape index (κ3) is 5.87. The molecule has 1 unspecified atom stereocenters. The summed E-state index contributed by atoms with van der Waals surface area (Å²) in [4.78, 5) is 0. The van der Waals surface area contributed by atoms with E-state index < -0.39 is 0 Å². The molecule has 1 aliphatic carbocycles. The van der Waals surface area contributed by atoms with Crippen molar-refractivity contribution < 1.29 is 0 Å². The van der Waals surface area contributed by atoms with Gasteiger partial charge in [0, 0.05) is 5.54 Å². The van der Waals surface area contributed by atoms with Crippen LogP contribution in [0, 0.1) is 11.3 Å². The molecule has 0 radical (unpaired) electrons. The highest BCUT2D eigenvalue weighted by atomic mass is 15.0. The Kier molecular flexibility index (Phi) is 5.46. The molecule has 0 aromatic rings. The molecule has 1 aliphatic rings. The molecule has 0 spiro atoms. The zero-order chi connectivity index (χ0) is 12.9. The monoisotopic (exact) mass is 240 g/mol. The van der Waals surface area contributed by atoms with E-state index in [1.54, 1.807) is 0 Å². The minimum absolute atomic E-state index is 0.379. The van der Waals surface area contributed by atoms with Crippen LogP contribution in [-0.4, -0.2) is 18.6 Å². The Morgan fingerprint density at radius 1 is 1.18 bits per heavy atom. The van der Waals surface area contributed by atoms with E-state index in [0.717, 1.165) is 13.1 Å². The van der Waals surface area contributed by atoms with Gasteiger partial charge in [-0.05, 0) is 50.6 Å². The lowest BCUT2D eigenvalue weighted by Crippen LogP contribution is -2.47. The summed E-state index contributed by atoms with van der Waals surface area (Å²) in [6.45, 7) is 11.2.